The summed E-state index contributed by atoms with van der Waals surface area (Å²) in [6, 6.07) is 13.9. The highest BCUT2D eigenvalue weighted by molar-refractivity contribution is 5.95. The van der Waals surface area contributed by atoms with Crippen molar-refractivity contribution in [3.63, 3.8) is 0 Å². The van der Waals surface area contributed by atoms with Crippen LogP contribution in [0.3, 0.4) is 0 Å². The van der Waals surface area contributed by atoms with Gasteiger partial charge in [0.15, 0.2) is 6.10 Å². The number of anilines is 1. The molecule has 0 spiro atoms. The molecule has 1 unspecified atom stereocenters. The molecule has 0 aliphatic rings. The minimum Gasteiger partial charge on any atom is -0.451 e. The van der Waals surface area contributed by atoms with Crippen LogP contribution in [0.25, 0.3) is 0 Å². The van der Waals surface area contributed by atoms with Crippen molar-refractivity contribution in [2.45, 2.75) is 39.3 Å². The molecule has 7 heteroatoms. The SMILES string of the molecule is CC(OC(=O)[C@@H](NC(=O)Cc1ccccc1)C(C)C)C(=O)Nc1ccccc1F. The number of para-hydroxylation sites is 1. The number of amides is 2. The first-order chi connectivity index (χ1) is 13.8. The zero-order valence-corrected chi connectivity index (χ0v) is 16.6. The number of halogens is 1. The molecule has 2 aromatic rings. The van der Waals surface area contributed by atoms with Crippen molar-refractivity contribution in [3.8, 4) is 0 Å². The maximum absolute atomic E-state index is 13.7. The summed E-state index contributed by atoms with van der Waals surface area (Å²) in [7, 11) is 0. The lowest BCUT2D eigenvalue weighted by molar-refractivity contribution is -0.157. The van der Waals surface area contributed by atoms with Gasteiger partial charge in [0.2, 0.25) is 5.91 Å². The number of hydrogen-bond donors (Lipinski definition) is 2. The van der Waals surface area contributed by atoms with Crippen LogP contribution in [0.2, 0.25) is 0 Å². The highest BCUT2D eigenvalue weighted by Gasteiger charge is 2.29. The average molecular weight is 400 g/mol. The minimum atomic E-state index is -1.16. The normalized spacial score (nSPS) is 12.7. The van der Waals surface area contributed by atoms with Gasteiger partial charge in [0.25, 0.3) is 5.91 Å². The van der Waals surface area contributed by atoms with Crippen LogP contribution in [0.5, 0.6) is 0 Å². The number of hydrogen-bond acceptors (Lipinski definition) is 4. The van der Waals surface area contributed by atoms with E-state index in [1.807, 2.05) is 30.3 Å². The summed E-state index contributed by atoms with van der Waals surface area (Å²) < 4.78 is 18.9. The standard InChI is InChI=1S/C22H25FN2O4/c1-14(2)20(25-19(26)13-16-9-5-4-6-10-16)22(28)29-15(3)21(27)24-18-12-8-7-11-17(18)23/h4-12,14-15,20H,13H2,1-3H3,(H,24,27)(H,25,26)/t15?,20-/m0/s1. The first-order valence-corrected chi connectivity index (χ1v) is 9.37. The van der Waals surface area contributed by atoms with Crippen LogP contribution in [-0.2, 0) is 25.5 Å². The Morgan fingerprint density at radius 3 is 2.21 bits per heavy atom. The van der Waals surface area contributed by atoms with Crippen molar-refractivity contribution in [2.24, 2.45) is 5.92 Å². The summed E-state index contributed by atoms with van der Waals surface area (Å²) in [5.41, 5.74) is 0.815. The van der Waals surface area contributed by atoms with E-state index >= 15 is 0 Å². The minimum absolute atomic E-state index is 0.00280. The van der Waals surface area contributed by atoms with Gasteiger partial charge < -0.3 is 15.4 Å². The molecule has 0 fully saturated rings. The van der Waals surface area contributed by atoms with E-state index in [4.69, 9.17) is 4.74 Å². The second-order valence-electron chi connectivity index (χ2n) is 7.00. The lowest BCUT2D eigenvalue weighted by Crippen LogP contribution is -2.47. The third-order valence-corrected chi connectivity index (χ3v) is 4.24. The van der Waals surface area contributed by atoms with Crippen LogP contribution in [0.15, 0.2) is 54.6 Å². The molecular formula is C22H25FN2O4. The van der Waals surface area contributed by atoms with Crippen molar-refractivity contribution >= 4 is 23.5 Å². The molecule has 0 aliphatic carbocycles. The summed E-state index contributed by atoms with van der Waals surface area (Å²) in [4.78, 5) is 37.0. The van der Waals surface area contributed by atoms with Crippen molar-refractivity contribution in [1.82, 2.24) is 5.32 Å². The maximum atomic E-state index is 13.7. The van der Waals surface area contributed by atoms with Gasteiger partial charge in [-0.1, -0.05) is 56.3 Å². The quantitative estimate of drug-likeness (QED) is 0.667. The number of carbonyl (C=O) groups excluding carboxylic acids is 3. The Bertz CT molecular complexity index is 855. The predicted octanol–water partition coefficient (Wildman–Crippen LogP) is 3.08. The first kappa shape index (κ1) is 22.1. The van der Waals surface area contributed by atoms with Crippen LogP contribution in [0.4, 0.5) is 10.1 Å². The molecule has 29 heavy (non-hydrogen) atoms. The Balaban J connectivity index is 1.94. The second kappa shape index (κ2) is 10.4. The number of carbonyl (C=O) groups is 3. The molecule has 0 saturated heterocycles. The number of benzene rings is 2. The van der Waals surface area contributed by atoms with Gasteiger partial charge >= 0.3 is 5.97 Å². The van der Waals surface area contributed by atoms with Crippen LogP contribution < -0.4 is 10.6 Å². The van der Waals surface area contributed by atoms with Gasteiger partial charge in [0.1, 0.15) is 11.9 Å². The summed E-state index contributed by atoms with van der Waals surface area (Å²) >= 11 is 0. The van der Waals surface area contributed by atoms with E-state index in [2.05, 4.69) is 10.6 Å². The monoisotopic (exact) mass is 400 g/mol. The van der Waals surface area contributed by atoms with Gasteiger partial charge in [0.05, 0.1) is 12.1 Å². The molecule has 2 N–H and O–H groups in total. The molecule has 2 amide bonds. The van der Waals surface area contributed by atoms with Crippen LogP contribution in [0, 0.1) is 11.7 Å². The van der Waals surface area contributed by atoms with E-state index < -0.39 is 29.8 Å². The topological polar surface area (TPSA) is 84.5 Å². The number of ether oxygens (including phenoxy) is 1. The maximum Gasteiger partial charge on any atom is 0.329 e. The lowest BCUT2D eigenvalue weighted by atomic mass is 10.0. The first-order valence-electron chi connectivity index (χ1n) is 9.37. The molecule has 0 heterocycles. The predicted molar refractivity (Wildman–Crippen MR) is 107 cm³/mol. The van der Waals surface area contributed by atoms with Gasteiger partial charge in [0, 0.05) is 0 Å². The molecule has 2 rings (SSSR count). The van der Waals surface area contributed by atoms with Crippen LogP contribution in [0.1, 0.15) is 26.3 Å². The molecule has 0 aromatic heterocycles. The number of nitrogens with one attached hydrogen (secondary N) is 2. The van der Waals surface area contributed by atoms with E-state index in [9.17, 15) is 18.8 Å². The molecule has 0 bridgehead atoms. The van der Waals surface area contributed by atoms with E-state index in [-0.39, 0.29) is 23.9 Å². The Kier molecular flexibility index (Phi) is 7.88. The van der Waals surface area contributed by atoms with Gasteiger partial charge in [-0.25, -0.2) is 9.18 Å². The van der Waals surface area contributed by atoms with Gasteiger partial charge in [-0.2, -0.15) is 0 Å². The van der Waals surface area contributed by atoms with Gasteiger partial charge in [-0.05, 0) is 30.5 Å². The number of rotatable bonds is 8. The van der Waals surface area contributed by atoms with Crippen LogP contribution in [-0.4, -0.2) is 29.9 Å². The van der Waals surface area contributed by atoms with E-state index in [0.717, 1.165) is 5.56 Å². The molecule has 0 aliphatic heterocycles. The zero-order chi connectivity index (χ0) is 21.4. The molecule has 2 atom stereocenters. The van der Waals surface area contributed by atoms with Crippen LogP contribution >= 0.6 is 0 Å². The Labute approximate surface area is 169 Å². The average Bonchev–Trinajstić information content (AvgIpc) is 2.68. The summed E-state index contributed by atoms with van der Waals surface area (Å²) in [5.74, 6) is -2.55. The fraction of sp³-hybridized carbons (Fsp3) is 0.318. The fourth-order valence-corrected chi connectivity index (χ4v) is 2.60. The number of esters is 1. The molecule has 0 saturated carbocycles. The van der Waals surface area contributed by atoms with Crippen molar-refractivity contribution < 1.29 is 23.5 Å². The second-order valence-corrected chi connectivity index (χ2v) is 7.00. The van der Waals surface area contributed by atoms with Crippen molar-refractivity contribution in [3.05, 3.63) is 66.0 Å². The van der Waals surface area contributed by atoms with Gasteiger partial charge in [-0.15, -0.1) is 0 Å². The Hall–Kier alpha value is -3.22. The van der Waals surface area contributed by atoms with E-state index in [1.54, 1.807) is 19.9 Å². The highest BCUT2D eigenvalue weighted by Crippen LogP contribution is 2.14. The summed E-state index contributed by atoms with van der Waals surface area (Å²) in [5, 5.41) is 5.04. The summed E-state index contributed by atoms with van der Waals surface area (Å²) in [6.45, 7) is 4.91. The summed E-state index contributed by atoms with van der Waals surface area (Å²) in [6.07, 6.45) is -1.03. The lowest BCUT2D eigenvalue weighted by Gasteiger charge is -2.23. The largest absolute Gasteiger partial charge is 0.451 e. The molecule has 6 nitrogen and oxygen atoms in total. The third kappa shape index (κ3) is 6.71. The van der Waals surface area contributed by atoms with Crippen molar-refractivity contribution in [2.75, 3.05) is 5.32 Å². The van der Waals surface area contributed by atoms with E-state index in [0.29, 0.717) is 0 Å². The van der Waals surface area contributed by atoms with E-state index in [1.165, 1.54) is 25.1 Å². The molecular weight excluding hydrogens is 375 g/mol. The highest BCUT2D eigenvalue weighted by atomic mass is 19.1. The smallest absolute Gasteiger partial charge is 0.329 e. The molecule has 2 aromatic carbocycles. The third-order valence-electron chi connectivity index (χ3n) is 4.24. The molecule has 154 valence electrons. The zero-order valence-electron chi connectivity index (χ0n) is 16.6. The van der Waals surface area contributed by atoms with Crippen molar-refractivity contribution in [1.29, 1.82) is 0 Å². The molecule has 0 radical (unpaired) electrons. The Morgan fingerprint density at radius 2 is 1.59 bits per heavy atom. The Morgan fingerprint density at radius 1 is 0.966 bits per heavy atom. The van der Waals surface area contributed by atoms with Gasteiger partial charge in [-0.3, -0.25) is 9.59 Å². The fourth-order valence-electron chi connectivity index (χ4n) is 2.60.